The van der Waals surface area contributed by atoms with Gasteiger partial charge in [-0.05, 0) is 23.3 Å². The third-order valence-corrected chi connectivity index (χ3v) is 5.89. The minimum atomic E-state index is -0.493. The van der Waals surface area contributed by atoms with E-state index in [-0.39, 0.29) is 12.7 Å². The molecule has 32 heavy (non-hydrogen) atoms. The summed E-state index contributed by atoms with van der Waals surface area (Å²) in [7, 11) is 1.80. The highest BCUT2D eigenvalue weighted by Crippen LogP contribution is 2.25. The molecule has 0 bridgehead atoms. The molecule has 2 aliphatic rings. The molecule has 2 aliphatic heterocycles. The normalized spacial score (nSPS) is 21.3. The number of primary amides is 1. The molecule has 8 nitrogen and oxygen atoms in total. The van der Waals surface area contributed by atoms with Gasteiger partial charge in [0.1, 0.15) is 5.75 Å². The van der Waals surface area contributed by atoms with Gasteiger partial charge in [0.15, 0.2) is 12.6 Å². The Labute approximate surface area is 189 Å². The molecule has 2 atom stereocenters. The molecule has 3 N–H and O–H groups in total. The molecule has 2 fully saturated rings. The van der Waals surface area contributed by atoms with Crippen molar-refractivity contribution in [2.45, 2.75) is 25.2 Å². The summed E-state index contributed by atoms with van der Waals surface area (Å²) in [5.74, 6) is 0.981. The average Bonchev–Trinajstić information content (AvgIpc) is 3.24. The Morgan fingerprint density at radius 3 is 2.78 bits per heavy atom. The lowest BCUT2D eigenvalue weighted by molar-refractivity contribution is -0.119. The number of rotatable bonds is 7. The largest absolute Gasteiger partial charge is 0.484 e. The van der Waals surface area contributed by atoms with Crippen LogP contribution in [0, 0.1) is 0 Å². The predicted molar refractivity (Wildman–Crippen MR) is 123 cm³/mol. The molecule has 2 heterocycles. The molecule has 170 valence electrons. The van der Waals surface area contributed by atoms with Gasteiger partial charge in [0.05, 0.1) is 18.8 Å². The molecule has 8 heteroatoms. The maximum Gasteiger partial charge on any atom is 0.255 e. The lowest BCUT2D eigenvalue weighted by Crippen LogP contribution is -2.50. The Hall–Kier alpha value is -3.10. The molecule has 0 aliphatic carbocycles. The highest BCUT2D eigenvalue weighted by atomic mass is 16.5. The number of benzene rings is 2. The third-order valence-electron chi connectivity index (χ3n) is 5.89. The van der Waals surface area contributed by atoms with Crippen LogP contribution in [0.25, 0.3) is 0 Å². The molecular weight excluding hydrogens is 406 g/mol. The topological polar surface area (TPSA) is 92.4 Å². The van der Waals surface area contributed by atoms with Crippen molar-refractivity contribution in [1.82, 2.24) is 15.1 Å². The molecule has 1 amide bonds. The van der Waals surface area contributed by atoms with Gasteiger partial charge in [-0.1, -0.05) is 42.5 Å². The van der Waals surface area contributed by atoms with E-state index in [1.54, 1.807) is 7.05 Å². The number of morpholine rings is 1. The number of fused-ring (bicyclic) bond motifs is 1. The number of nitrogens with zero attached hydrogens (tertiary/aromatic N) is 3. The summed E-state index contributed by atoms with van der Waals surface area (Å²) < 4.78 is 11.5. The summed E-state index contributed by atoms with van der Waals surface area (Å²) in [5.41, 5.74) is 7.52. The maximum atomic E-state index is 10.9. The predicted octanol–water partition coefficient (Wildman–Crippen LogP) is 1.21. The van der Waals surface area contributed by atoms with Crippen molar-refractivity contribution in [3.05, 3.63) is 65.7 Å². The fourth-order valence-corrected chi connectivity index (χ4v) is 4.36. The molecule has 2 aromatic rings. The number of nitrogens with one attached hydrogen (secondary N) is 1. The number of ether oxygens (including phenoxy) is 2. The quantitative estimate of drug-likeness (QED) is 0.500. The van der Waals surface area contributed by atoms with E-state index >= 15 is 0 Å². The fraction of sp³-hybridized carbons (Fsp3) is 0.417. The van der Waals surface area contributed by atoms with Crippen LogP contribution in [0.1, 0.15) is 11.1 Å². The maximum absolute atomic E-state index is 10.9. The van der Waals surface area contributed by atoms with Crippen LogP contribution in [-0.4, -0.2) is 73.7 Å². The number of aliphatic imine (C=N–C) groups is 1. The zero-order valence-corrected chi connectivity index (χ0v) is 18.4. The average molecular weight is 438 g/mol. The van der Waals surface area contributed by atoms with Crippen molar-refractivity contribution < 1.29 is 14.3 Å². The SMILES string of the molecule is CN=C(NCc1cccc(OCC(N)=O)c1)N1CC2OCCN(Cc3ccccc3)C2C1. The first-order chi connectivity index (χ1) is 15.6. The van der Waals surface area contributed by atoms with Crippen LogP contribution in [0.5, 0.6) is 5.75 Å². The van der Waals surface area contributed by atoms with E-state index in [9.17, 15) is 4.79 Å². The number of amides is 1. The summed E-state index contributed by atoms with van der Waals surface area (Å²) >= 11 is 0. The van der Waals surface area contributed by atoms with Gasteiger partial charge >= 0.3 is 0 Å². The third kappa shape index (κ3) is 5.57. The van der Waals surface area contributed by atoms with E-state index in [1.807, 2.05) is 24.3 Å². The van der Waals surface area contributed by atoms with Gasteiger partial charge in [0, 0.05) is 39.8 Å². The first-order valence-electron chi connectivity index (χ1n) is 11.0. The van der Waals surface area contributed by atoms with E-state index in [0.717, 1.165) is 44.3 Å². The van der Waals surface area contributed by atoms with Crippen molar-refractivity contribution in [3.8, 4) is 5.75 Å². The summed E-state index contributed by atoms with van der Waals surface area (Å²) in [6.07, 6.45) is 0.177. The van der Waals surface area contributed by atoms with E-state index in [2.05, 4.69) is 50.4 Å². The van der Waals surface area contributed by atoms with Gasteiger partial charge in [-0.15, -0.1) is 0 Å². The van der Waals surface area contributed by atoms with Crippen LogP contribution < -0.4 is 15.8 Å². The molecule has 0 spiro atoms. The van der Waals surface area contributed by atoms with Crippen LogP contribution >= 0.6 is 0 Å². The van der Waals surface area contributed by atoms with E-state index in [1.165, 1.54) is 5.56 Å². The Kier molecular flexibility index (Phi) is 7.24. The first-order valence-corrected chi connectivity index (χ1v) is 11.0. The van der Waals surface area contributed by atoms with Crippen LogP contribution in [0.2, 0.25) is 0 Å². The smallest absolute Gasteiger partial charge is 0.255 e. The number of carbonyl (C=O) groups is 1. The number of hydrogen-bond acceptors (Lipinski definition) is 5. The lowest BCUT2D eigenvalue weighted by atomic mass is 10.1. The Morgan fingerprint density at radius 2 is 2.00 bits per heavy atom. The minimum Gasteiger partial charge on any atom is -0.484 e. The zero-order chi connectivity index (χ0) is 22.3. The number of carbonyl (C=O) groups excluding carboxylic acids is 1. The van der Waals surface area contributed by atoms with E-state index in [0.29, 0.717) is 18.3 Å². The van der Waals surface area contributed by atoms with Crippen molar-refractivity contribution >= 4 is 11.9 Å². The summed E-state index contributed by atoms with van der Waals surface area (Å²) in [4.78, 5) is 20.2. The van der Waals surface area contributed by atoms with E-state index < -0.39 is 5.91 Å². The van der Waals surface area contributed by atoms with Gasteiger partial charge in [-0.25, -0.2) is 0 Å². The van der Waals surface area contributed by atoms with Gasteiger partial charge in [-0.3, -0.25) is 14.7 Å². The number of hydrogen-bond donors (Lipinski definition) is 2. The van der Waals surface area contributed by atoms with Crippen LogP contribution in [0.15, 0.2) is 59.6 Å². The van der Waals surface area contributed by atoms with Crippen LogP contribution in [0.4, 0.5) is 0 Å². The van der Waals surface area contributed by atoms with Crippen molar-refractivity contribution in [3.63, 3.8) is 0 Å². The lowest BCUT2D eigenvalue weighted by Gasteiger charge is -2.36. The van der Waals surface area contributed by atoms with Crippen molar-refractivity contribution in [2.24, 2.45) is 10.7 Å². The second-order valence-corrected chi connectivity index (χ2v) is 8.14. The molecule has 2 saturated heterocycles. The fourth-order valence-electron chi connectivity index (χ4n) is 4.36. The van der Waals surface area contributed by atoms with Gasteiger partial charge in [0.2, 0.25) is 0 Å². The standard InChI is InChI=1S/C24H31N5O3/c1-26-24(27-13-19-8-5-9-20(12-19)32-17-23(25)30)29-15-21-22(16-29)31-11-10-28(21)14-18-6-3-2-4-7-18/h2-9,12,21-22H,10-11,13-17H2,1H3,(H2,25,30)(H,26,27). The van der Waals surface area contributed by atoms with Gasteiger partial charge in [0.25, 0.3) is 5.91 Å². The Balaban J connectivity index is 1.35. The van der Waals surface area contributed by atoms with Gasteiger partial charge in [-0.2, -0.15) is 0 Å². The summed E-state index contributed by atoms with van der Waals surface area (Å²) in [6, 6.07) is 18.6. The molecule has 4 rings (SSSR count). The molecule has 0 aromatic heterocycles. The number of likely N-dealkylation sites (tertiary alicyclic amines) is 1. The molecule has 0 radical (unpaired) electrons. The van der Waals surface area contributed by atoms with Crippen LogP contribution in [-0.2, 0) is 22.6 Å². The molecule has 0 saturated carbocycles. The molecular formula is C24H31N5O3. The van der Waals surface area contributed by atoms with Crippen molar-refractivity contribution in [2.75, 3.05) is 39.9 Å². The van der Waals surface area contributed by atoms with E-state index in [4.69, 9.17) is 15.2 Å². The second-order valence-electron chi connectivity index (χ2n) is 8.14. The minimum absolute atomic E-state index is 0.130. The number of guanidine groups is 1. The highest BCUT2D eigenvalue weighted by Gasteiger charge is 2.41. The Bertz CT molecular complexity index is 936. The summed E-state index contributed by atoms with van der Waals surface area (Å²) in [6.45, 7) is 4.79. The second kappa shape index (κ2) is 10.5. The summed E-state index contributed by atoms with van der Waals surface area (Å²) in [5, 5.41) is 3.45. The first kappa shape index (κ1) is 22.1. The van der Waals surface area contributed by atoms with Crippen LogP contribution in [0.3, 0.4) is 0 Å². The number of nitrogens with two attached hydrogens (primary N) is 1. The zero-order valence-electron chi connectivity index (χ0n) is 18.4. The Morgan fingerprint density at radius 1 is 1.19 bits per heavy atom. The van der Waals surface area contributed by atoms with Crippen molar-refractivity contribution in [1.29, 1.82) is 0 Å². The molecule has 2 unspecified atom stereocenters. The highest BCUT2D eigenvalue weighted by molar-refractivity contribution is 5.80. The molecule has 2 aromatic carbocycles. The van der Waals surface area contributed by atoms with Gasteiger partial charge < -0.3 is 25.4 Å². The monoisotopic (exact) mass is 437 g/mol.